The molecule has 1 aliphatic rings. The summed E-state index contributed by atoms with van der Waals surface area (Å²) in [7, 11) is -3.21. The maximum Gasteiger partial charge on any atom is 0.273 e. The van der Waals surface area contributed by atoms with E-state index < -0.39 is 9.84 Å². The number of fused-ring (bicyclic) bond motifs is 1. The Morgan fingerprint density at radius 1 is 1.40 bits per heavy atom. The van der Waals surface area contributed by atoms with Crippen LogP contribution in [-0.4, -0.2) is 14.7 Å². The van der Waals surface area contributed by atoms with Gasteiger partial charge in [0.05, 0.1) is 11.0 Å². The Hall–Kier alpha value is -1.22. The van der Waals surface area contributed by atoms with Crippen molar-refractivity contribution in [3.8, 4) is 0 Å². The fourth-order valence-corrected chi connectivity index (χ4v) is 2.12. The first-order valence-corrected chi connectivity index (χ1v) is 6.41. The number of allylic oxidation sites excluding steroid dienone is 1. The van der Waals surface area contributed by atoms with E-state index in [-0.39, 0.29) is 4.90 Å². The number of nitrogens with zero attached hydrogens (tertiary/aromatic N) is 1. The summed E-state index contributed by atoms with van der Waals surface area (Å²) in [6.45, 7) is 0. The summed E-state index contributed by atoms with van der Waals surface area (Å²) in [5.41, 5.74) is 0. The molecule has 0 amide bonds. The van der Waals surface area contributed by atoms with Gasteiger partial charge in [0.25, 0.3) is 5.03 Å². The highest BCUT2D eigenvalue weighted by Gasteiger charge is 2.14. The Morgan fingerprint density at radius 2 is 2.13 bits per heavy atom. The fraction of sp³-hybridized carbons (Fsp3) is 0.100. The van der Waals surface area contributed by atoms with E-state index in [0.29, 0.717) is 15.6 Å². The largest absolute Gasteiger partial charge is 0.273 e. The van der Waals surface area contributed by atoms with Crippen LogP contribution in [0, 0.1) is 6.08 Å². The van der Waals surface area contributed by atoms with Crippen molar-refractivity contribution in [2.75, 3.05) is 6.26 Å². The molecular formula is C10H7ClNO2S+. The van der Waals surface area contributed by atoms with Crippen molar-refractivity contribution >= 4 is 26.5 Å². The van der Waals surface area contributed by atoms with Gasteiger partial charge in [0, 0.05) is 6.26 Å². The third-order valence-electron chi connectivity index (χ3n) is 2.03. The molecule has 3 nitrogen and oxygen atoms in total. The highest BCUT2D eigenvalue weighted by molar-refractivity contribution is 7.90. The van der Waals surface area contributed by atoms with E-state index >= 15 is 0 Å². The maximum absolute atomic E-state index is 11.3. The molecule has 0 saturated carbocycles. The molecule has 1 aromatic carbocycles. The quantitative estimate of drug-likeness (QED) is 0.667. The fourth-order valence-electron chi connectivity index (χ4n) is 1.27. The van der Waals surface area contributed by atoms with Crippen LogP contribution in [0.1, 0.15) is 0 Å². The highest BCUT2D eigenvalue weighted by Crippen LogP contribution is 2.06. The monoisotopic (exact) mass is 240 g/mol. The molecule has 0 atom stereocenters. The minimum Gasteiger partial charge on any atom is -0.224 e. The molecule has 0 fully saturated rings. The van der Waals surface area contributed by atoms with Gasteiger partial charge >= 0.3 is 0 Å². The van der Waals surface area contributed by atoms with E-state index in [9.17, 15) is 8.42 Å². The van der Waals surface area contributed by atoms with Gasteiger partial charge in [-0.15, -0.1) is 0 Å². The molecule has 0 aromatic heterocycles. The minimum atomic E-state index is -3.21. The molecule has 15 heavy (non-hydrogen) atoms. The van der Waals surface area contributed by atoms with Crippen molar-refractivity contribution in [3.63, 3.8) is 0 Å². The van der Waals surface area contributed by atoms with Gasteiger partial charge in [0.2, 0.25) is 0 Å². The topological polar surface area (TPSA) is 46.5 Å². The molecule has 0 spiro atoms. The zero-order chi connectivity index (χ0) is 11.1. The average Bonchev–Trinajstić information content (AvgIpc) is 2.16. The van der Waals surface area contributed by atoms with Crippen molar-refractivity contribution < 1.29 is 8.42 Å². The van der Waals surface area contributed by atoms with E-state index in [1.165, 1.54) is 18.3 Å². The normalized spacial score (nSPS) is 14.1. The zero-order valence-electron chi connectivity index (χ0n) is 7.86. The van der Waals surface area contributed by atoms with Gasteiger partial charge in [0.1, 0.15) is 6.08 Å². The first-order chi connectivity index (χ1) is 6.98. The minimum absolute atomic E-state index is 0.235. The Kier molecular flexibility index (Phi) is 2.35. The summed E-state index contributed by atoms with van der Waals surface area (Å²) in [4.78, 5) is 4.26. The van der Waals surface area contributed by atoms with Gasteiger partial charge in [0.15, 0.2) is 26.6 Å². The lowest BCUT2D eigenvalue weighted by molar-refractivity contribution is 0.602. The Morgan fingerprint density at radius 3 is 2.80 bits per heavy atom. The molecule has 0 aliphatic carbocycles. The van der Waals surface area contributed by atoms with Crippen molar-refractivity contribution in [2.45, 2.75) is 4.90 Å². The predicted molar refractivity (Wildman–Crippen MR) is 57.4 cm³/mol. The third-order valence-corrected chi connectivity index (χ3v) is 3.45. The SMILES string of the molecule is CS(=O)(=O)c1ccc2c(c1)=C(Cl)[C+]=CN=2. The number of hydrogen-bond donors (Lipinski definition) is 0. The molecule has 0 radical (unpaired) electrons. The molecule has 2 rings (SSSR count). The second-order valence-corrected chi connectivity index (χ2v) is 5.56. The molecule has 0 bridgehead atoms. The van der Waals surface area contributed by atoms with Crippen molar-refractivity contribution in [1.29, 1.82) is 0 Å². The third kappa shape index (κ3) is 1.92. The van der Waals surface area contributed by atoms with Gasteiger partial charge in [-0.05, 0) is 23.7 Å². The lowest BCUT2D eigenvalue weighted by atomic mass is 10.2. The van der Waals surface area contributed by atoms with Crippen LogP contribution in [0.5, 0.6) is 0 Å². The lowest BCUT2D eigenvalue weighted by Gasteiger charge is -1.95. The Labute approximate surface area is 92.3 Å². The van der Waals surface area contributed by atoms with Crippen LogP contribution in [0.2, 0.25) is 0 Å². The van der Waals surface area contributed by atoms with Crippen LogP contribution in [0.25, 0.3) is 5.03 Å². The standard InChI is InChI=1S/C10H7ClNO2S/c1-15(13,14)7-2-3-10-8(6-7)9(11)4-5-12-10/h2-3,5-6H,1H3/q+1. The average molecular weight is 241 g/mol. The molecule has 1 aliphatic heterocycles. The Balaban J connectivity index is 2.85. The highest BCUT2D eigenvalue weighted by atomic mass is 35.5. The molecule has 1 aromatic rings. The number of benzene rings is 1. The van der Waals surface area contributed by atoms with Gasteiger partial charge in [-0.2, -0.15) is 0 Å². The molecule has 0 unspecified atom stereocenters. The van der Waals surface area contributed by atoms with E-state index in [1.54, 1.807) is 6.07 Å². The van der Waals surface area contributed by atoms with Crippen LogP contribution in [-0.2, 0) is 9.84 Å². The smallest absolute Gasteiger partial charge is 0.224 e. The van der Waals surface area contributed by atoms with E-state index in [4.69, 9.17) is 11.6 Å². The van der Waals surface area contributed by atoms with Crippen molar-refractivity contribution in [1.82, 2.24) is 0 Å². The molecule has 5 heteroatoms. The van der Waals surface area contributed by atoms with E-state index in [2.05, 4.69) is 11.1 Å². The number of rotatable bonds is 1. The summed E-state index contributed by atoms with van der Waals surface area (Å²) in [5, 5.41) is 1.64. The summed E-state index contributed by atoms with van der Waals surface area (Å²) in [5.74, 6) is 0. The predicted octanol–water partition coefficient (Wildman–Crippen LogP) is 0.387. The van der Waals surface area contributed by atoms with E-state index in [0.717, 1.165) is 6.26 Å². The molecule has 76 valence electrons. The molecular weight excluding hydrogens is 234 g/mol. The van der Waals surface area contributed by atoms with Crippen LogP contribution in [0.4, 0.5) is 0 Å². The number of hydrogen-bond acceptors (Lipinski definition) is 3. The van der Waals surface area contributed by atoms with Gasteiger partial charge in [-0.1, -0.05) is 0 Å². The van der Waals surface area contributed by atoms with E-state index in [1.807, 2.05) is 0 Å². The summed E-state index contributed by atoms with van der Waals surface area (Å²) in [6.07, 6.45) is 5.33. The van der Waals surface area contributed by atoms with Crippen LogP contribution in [0.15, 0.2) is 34.3 Å². The lowest BCUT2D eigenvalue weighted by Crippen LogP contribution is -2.28. The van der Waals surface area contributed by atoms with Gasteiger partial charge in [-0.25, -0.2) is 13.4 Å². The van der Waals surface area contributed by atoms with Gasteiger partial charge < -0.3 is 0 Å². The van der Waals surface area contributed by atoms with Crippen LogP contribution in [0.3, 0.4) is 0 Å². The molecule has 0 N–H and O–H groups in total. The second kappa shape index (κ2) is 3.42. The first-order valence-electron chi connectivity index (χ1n) is 4.14. The van der Waals surface area contributed by atoms with Gasteiger partial charge in [-0.3, -0.25) is 0 Å². The molecule has 0 saturated heterocycles. The van der Waals surface area contributed by atoms with Crippen LogP contribution < -0.4 is 10.6 Å². The Bertz CT molecular complexity index is 659. The zero-order valence-corrected chi connectivity index (χ0v) is 9.43. The number of sulfone groups is 1. The maximum atomic E-state index is 11.3. The van der Waals surface area contributed by atoms with Crippen molar-refractivity contribution in [3.05, 3.63) is 41.1 Å². The van der Waals surface area contributed by atoms with Crippen LogP contribution >= 0.6 is 11.6 Å². The first kappa shape index (κ1) is 10.3. The summed E-state index contributed by atoms with van der Waals surface area (Å²) < 4.78 is 22.6. The number of halogens is 1. The second-order valence-electron chi connectivity index (χ2n) is 3.17. The summed E-state index contributed by atoms with van der Waals surface area (Å²) >= 11 is 5.89. The summed E-state index contributed by atoms with van der Waals surface area (Å²) in [6, 6.07) is 4.66. The van der Waals surface area contributed by atoms with Crippen molar-refractivity contribution in [2.24, 2.45) is 4.99 Å². The molecule has 1 heterocycles.